The van der Waals surface area contributed by atoms with Crippen LogP contribution in [-0.4, -0.2) is 25.4 Å². The van der Waals surface area contributed by atoms with E-state index in [-0.39, 0.29) is 22.9 Å². The first kappa shape index (κ1) is 39.3. The number of hydrogen-bond donors (Lipinski definition) is 0. The molecular weight excluding hydrogens is 905 g/mol. The standard InChI is InChI=1S/C67H62N6O/c1-65(2,3)43-27-31-55-51(35-43)53-40-54-52-36-44(66(4,5)6)28-32-56(52)70(10)63(54)64(62(53)69(55)9)72-41-71(58-25-16-17-26-59(58)72)46-21-18-22-47(38-46)74-48-29-30-50-49-23-14-15-24-57(49)73(60(50)39-48)61-37-45(33-34-68-61)67(7,8)42-19-12-11-13-20-42/h11-40H,41H2,1-10H3/i9D3,10D3. The molecule has 8 aromatic carbocycles. The van der Waals surface area contributed by atoms with Gasteiger partial charge in [-0.3, -0.25) is 4.57 Å². The molecule has 0 saturated heterocycles. The van der Waals surface area contributed by atoms with Gasteiger partial charge in [-0.1, -0.05) is 134 Å². The maximum absolute atomic E-state index is 9.24. The van der Waals surface area contributed by atoms with Gasteiger partial charge in [0.1, 0.15) is 24.0 Å². The Morgan fingerprint density at radius 1 is 0.446 bits per heavy atom. The largest absolute Gasteiger partial charge is 0.457 e. The molecule has 1 aliphatic rings. The molecule has 13 rings (SSSR count). The van der Waals surface area contributed by atoms with Crippen molar-refractivity contribution in [2.24, 2.45) is 14.0 Å². The minimum atomic E-state index is -2.65. The average molecular weight is 973 g/mol. The van der Waals surface area contributed by atoms with Crippen molar-refractivity contribution in [2.75, 3.05) is 16.5 Å². The molecule has 0 amide bonds. The Morgan fingerprint density at radius 3 is 1.72 bits per heavy atom. The number of para-hydroxylation sites is 3. The third kappa shape index (κ3) is 7.04. The summed E-state index contributed by atoms with van der Waals surface area (Å²) in [5.41, 5.74) is 10.7. The van der Waals surface area contributed by atoms with Gasteiger partial charge < -0.3 is 23.7 Å². The highest BCUT2D eigenvalue weighted by atomic mass is 16.5. The first-order valence-electron chi connectivity index (χ1n) is 28.6. The van der Waals surface area contributed by atoms with Crippen molar-refractivity contribution < 1.29 is 13.0 Å². The molecule has 5 heterocycles. The fraction of sp³-hybridized carbons (Fsp3) is 0.209. The maximum atomic E-state index is 9.24. The normalized spacial score (nSPS) is 15.0. The van der Waals surface area contributed by atoms with Crippen LogP contribution < -0.4 is 14.5 Å². The molecule has 4 aromatic heterocycles. The fourth-order valence-corrected chi connectivity index (χ4v) is 11.5. The smallest absolute Gasteiger partial charge is 0.137 e. The molecule has 12 aromatic rings. The minimum Gasteiger partial charge on any atom is -0.457 e. The van der Waals surface area contributed by atoms with E-state index >= 15 is 0 Å². The molecule has 366 valence electrons. The van der Waals surface area contributed by atoms with Gasteiger partial charge in [0.15, 0.2) is 0 Å². The van der Waals surface area contributed by atoms with E-state index in [1.807, 2.05) is 91.1 Å². The number of ether oxygens (including phenoxy) is 1. The molecule has 0 atom stereocenters. The van der Waals surface area contributed by atoms with E-state index in [1.54, 1.807) is 0 Å². The Bertz CT molecular complexity index is 4350. The summed E-state index contributed by atoms with van der Waals surface area (Å²) in [6.45, 7) is 12.3. The van der Waals surface area contributed by atoms with E-state index in [2.05, 4.69) is 161 Å². The van der Waals surface area contributed by atoms with Crippen LogP contribution in [0.25, 0.3) is 71.2 Å². The van der Waals surface area contributed by atoms with Gasteiger partial charge >= 0.3 is 0 Å². The third-order valence-corrected chi connectivity index (χ3v) is 15.7. The lowest BCUT2D eigenvalue weighted by Crippen LogP contribution is -2.25. The Kier molecular flexibility index (Phi) is 8.68. The van der Waals surface area contributed by atoms with Crippen molar-refractivity contribution in [3.8, 4) is 17.3 Å². The van der Waals surface area contributed by atoms with Crippen molar-refractivity contribution in [1.82, 2.24) is 18.7 Å². The summed E-state index contributed by atoms with van der Waals surface area (Å²) in [5.74, 6) is 2.07. The van der Waals surface area contributed by atoms with Crippen LogP contribution in [-0.2, 0) is 30.2 Å². The first-order valence-corrected chi connectivity index (χ1v) is 25.6. The molecule has 0 saturated carbocycles. The molecule has 0 aliphatic carbocycles. The number of fused-ring (bicyclic) bond motifs is 10. The van der Waals surface area contributed by atoms with Crippen LogP contribution in [0.1, 0.15) is 85.9 Å². The van der Waals surface area contributed by atoms with Crippen LogP contribution in [0.3, 0.4) is 0 Å². The summed E-state index contributed by atoms with van der Waals surface area (Å²) in [6, 6.07) is 59.7. The van der Waals surface area contributed by atoms with E-state index in [1.165, 1.54) is 14.7 Å². The number of aryl methyl sites for hydroxylation is 2. The molecule has 0 radical (unpaired) electrons. The second kappa shape index (κ2) is 16.4. The van der Waals surface area contributed by atoms with Crippen molar-refractivity contribution in [1.29, 1.82) is 0 Å². The molecule has 0 N–H and O–H groups in total. The van der Waals surface area contributed by atoms with Crippen LogP contribution in [0.15, 0.2) is 182 Å². The minimum absolute atomic E-state index is 0.224. The number of aromatic nitrogens is 4. The summed E-state index contributed by atoms with van der Waals surface area (Å²) in [5, 5.41) is 5.23. The highest BCUT2D eigenvalue weighted by Crippen LogP contribution is 2.52. The van der Waals surface area contributed by atoms with E-state index in [9.17, 15) is 8.22 Å². The second-order valence-corrected chi connectivity index (χ2v) is 22.7. The van der Waals surface area contributed by atoms with Crippen molar-refractivity contribution >= 4 is 88.2 Å². The number of hydrogen-bond acceptors (Lipinski definition) is 4. The molecule has 7 heteroatoms. The van der Waals surface area contributed by atoms with Crippen LogP contribution in [0, 0.1) is 0 Å². The summed E-state index contributed by atoms with van der Waals surface area (Å²) < 4.78 is 67.4. The van der Waals surface area contributed by atoms with Gasteiger partial charge in [0, 0.05) is 95.0 Å². The number of rotatable bonds is 7. The van der Waals surface area contributed by atoms with Crippen molar-refractivity contribution in [3.05, 3.63) is 204 Å². The van der Waals surface area contributed by atoms with Gasteiger partial charge in [0.05, 0.1) is 39.1 Å². The van der Waals surface area contributed by atoms with Crippen molar-refractivity contribution in [2.45, 2.75) is 71.6 Å². The van der Waals surface area contributed by atoms with Crippen LogP contribution in [0.5, 0.6) is 11.5 Å². The predicted molar refractivity (Wildman–Crippen MR) is 311 cm³/mol. The molecule has 0 spiro atoms. The van der Waals surface area contributed by atoms with E-state index < -0.39 is 14.0 Å². The van der Waals surface area contributed by atoms with E-state index in [0.717, 1.165) is 82.9 Å². The zero-order valence-corrected chi connectivity index (χ0v) is 43.1. The highest BCUT2D eigenvalue weighted by Gasteiger charge is 2.34. The average Bonchev–Trinajstić information content (AvgIpc) is 2.45. The van der Waals surface area contributed by atoms with Gasteiger partial charge in [-0.2, -0.15) is 0 Å². The Labute approximate surface area is 441 Å². The molecule has 1 aliphatic heterocycles. The Morgan fingerprint density at radius 2 is 1.05 bits per heavy atom. The summed E-state index contributed by atoms with van der Waals surface area (Å²) in [4.78, 5) is 9.27. The third-order valence-electron chi connectivity index (χ3n) is 15.7. The maximum Gasteiger partial charge on any atom is 0.137 e. The number of nitrogens with zero attached hydrogens (tertiary/aromatic N) is 6. The lowest BCUT2D eigenvalue weighted by molar-refractivity contribution is 0.483. The molecular formula is C67H62N6O. The highest BCUT2D eigenvalue weighted by molar-refractivity contribution is 6.25. The monoisotopic (exact) mass is 973 g/mol. The van der Waals surface area contributed by atoms with Gasteiger partial charge in [-0.25, -0.2) is 4.98 Å². The molecule has 7 nitrogen and oxygen atoms in total. The van der Waals surface area contributed by atoms with Crippen LogP contribution in [0.4, 0.5) is 22.7 Å². The van der Waals surface area contributed by atoms with Gasteiger partial charge in [0.25, 0.3) is 0 Å². The lowest BCUT2D eigenvalue weighted by Gasteiger charge is -2.26. The number of pyridine rings is 1. The predicted octanol–water partition coefficient (Wildman–Crippen LogP) is 17.4. The first-order chi connectivity index (χ1) is 38.0. The Hall–Kier alpha value is -8.29. The van der Waals surface area contributed by atoms with Gasteiger partial charge in [0.2, 0.25) is 0 Å². The zero-order valence-electron chi connectivity index (χ0n) is 49.1. The lowest BCUT2D eigenvalue weighted by atomic mass is 9.78. The van der Waals surface area contributed by atoms with Gasteiger partial charge in [-0.15, -0.1) is 0 Å². The SMILES string of the molecule is [2H]C([2H])([2H])n1c2ccc(C(C)(C)C)cc2c2cc3c4cc(C(C)(C)C)ccc4n(C([2H])([2H])[2H])c3c(N3CN(c4cccc(Oc5ccc6c7ccccc7n(-c7cc(C(C)(C)c8ccccc8)ccn7)c6c5)c4)c4ccccc43)c21. The summed E-state index contributed by atoms with van der Waals surface area (Å²) >= 11 is 0. The van der Waals surface area contributed by atoms with Crippen LogP contribution >= 0.6 is 0 Å². The quantitative estimate of drug-likeness (QED) is 0.160. The van der Waals surface area contributed by atoms with E-state index in [0.29, 0.717) is 39.3 Å². The van der Waals surface area contributed by atoms with Gasteiger partial charge in [-0.05, 0) is 118 Å². The molecule has 74 heavy (non-hydrogen) atoms. The second-order valence-electron chi connectivity index (χ2n) is 22.7. The van der Waals surface area contributed by atoms with Crippen LogP contribution in [0.2, 0.25) is 0 Å². The fourth-order valence-electron chi connectivity index (χ4n) is 11.5. The zero-order chi connectivity index (χ0) is 56.0. The number of anilines is 4. The summed E-state index contributed by atoms with van der Waals surface area (Å²) in [7, 11) is 0. The molecule has 0 unspecified atom stereocenters. The molecule has 0 fully saturated rings. The number of benzene rings is 8. The Balaban J connectivity index is 0.966. The topological polar surface area (TPSA) is 43.4 Å². The van der Waals surface area contributed by atoms with Crippen molar-refractivity contribution in [3.63, 3.8) is 0 Å². The molecule has 0 bridgehead atoms. The summed E-state index contributed by atoms with van der Waals surface area (Å²) in [6.07, 6.45) is 1.90. The van der Waals surface area contributed by atoms with E-state index in [4.69, 9.17) is 9.72 Å².